The van der Waals surface area contributed by atoms with Crippen LogP contribution < -0.4 is 5.32 Å². The first-order valence-electron chi connectivity index (χ1n) is 12.6. The summed E-state index contributed by atoms with van der Waals surface area (Å²) in [5.41, 5.74) is 5.08. The van der Waals surface area contributed by atoms with Crippen molar-refractivity contribution in [2.24, 2.45) is 0 Å². The standard InChI is InChI=1S/C31H31NO3S/c1-3-36-17-16-35-31(34)28-20(2)32-26-18-23(21-10-5-4-6-11-21)19-27(33)30(26)29(28)25-15-9-13-22-12-7-8-14-24(22)25/h4-15,23,29,32H,3,16-19H2,1-2H3/t23-,29+/m1/s1. The van der Waals surface area contributed by atoms with E-state index in [9.17, 15) is 9.59 Å². The van der Waals surface area contributed by atoms with Crippen molar-refractivity contribution in [1.82, 2.24) is 5.32 Å². The van der Waals surface area contributed by atoms with Crippen LogP contribution in [0.2, 0.25) is 0 Å². The summed E-state index contributed by atoms with van der Waals surface area (Å²) in [6, 6.07) is 24.5. The van der Waals surface area contributed by atoms with Gasteiger partial charge in [-0.3, -0.25) is 4.79 Å². The van der Waals surface area contributed by atoms with E-state index in [2.05, 4.69) is 42.6 Å². The lowest BCUT2D eigenvalue weighted by molar-refractivity contribution is -0.138. The maximum absolute atomic E-state index is 13.8. The Morgan fingerprint density at radius 3 is 2.56 bits per heavy atom. The Morgan fingerprint density at radius 1 is 1.00 bits per heavy atom. The summed E-state index contributed by atoms with van der Waals surface area (Å²) >= 11 is 1.74. The van der Waals surface area contributed by atoms with E-state index in [1.807, 2.05) is 49.4 Å². The third-order valence-corrected chi connectivity index (χ3v) is 7.98. The van der Waals surface area contributed by atoms with Crippen LogP contribution in [-0.4, -0.2) is 29.9 Å². The number of hydrogen-bond donors (Lipinski definition) is 1. The van der Waals surface area contributed by atoms with Crippen LogP contribution in [-0.2, 0) is 14.3 Å². The van der Waals surface area contributed by atoms with E-state index in [1.54, 1.807) is 11.8 Å². The van der Waals surface area contributed by atoms with Crippen molar-refractivity contribution in [2.45, 2.75) is 38.5 Å². The van der Waals surface area contributed by atoms with Gasteiger partial charge < -0.3 is 10.1 Å². The van der Waals surface area contributed by atoms with Crippen LogP contribution in [0.1, 0.15) is 49.7 Å². The van der Waals surface area contributed by atoms with Crippen LogP contribution in [0.5, 0.6) is 0 Å². The number of carbonyl (C=O) groups excluding carboxylic acids is 2. The highest BCUT2D eigenvalue weighted by Crippen LogP contribution is 2.47. The molecule has 3 aromatic carbocycles. The zero-order chi connectivity index (χ0) is 25.1. The van der Waals surface area contributed by atoms with Gasteiger partial charge in [0.15, 0.2) is 5.78 Å². The predicted octanol–water partition coefficient (Wildman–Crippen LogP) is 6.50. The summed E-state index contributed by atoms with van der Waals surface area (Å²) in [5, 5.41) is 5.60. The van der Waals surface area contributed by atoms with Gasteiger partial charge in [0.25, 0.3) is 0 Å². The molecule has 4 nitrogen and oxygen atoms in total. The molecule has 1 heterocycles. The molecule has 0 saturated heterocycles. The highest BCUT2D eigenvalue weighted by molar-refractivity contribution is 7.99. The van der Waals surface area contributed by atoms with Crippen molar-refractivity contribution in [3.63, 3.8) is 0 Å². The summed E-state index contributed by atoms with van der Waals surface area (Å²) in [4.78, 5) is 27.3. The molecule has 0 saturated carbocycles. The second kappa shape index (κ2) is 10.8. The molecular formula is C31H31NO3S. The number of ether oxygens (including phenoxy) is 1. The van der Waals surface area contributed by atoms with Crippen LogP contribution in [0.3, 0.4) is 0 Å². The first-order chi connectivity index (χ1) is 17.6. The molecule has 1 N–H and O–H groups in total. The normalized spacial score (nSPS) is 19.8. The molecular weight excluding hydrogens is 466 g/mol. The average Bonchev–Trinajstić information content (AvgIpc) is 2.90. The highest BCUT2D eigenvalue weighted by Gasteiger charge is 2.41. The molecule has 5 rings (SSSR count). The van der Waals surface area contributed by atoms with Gasteiger partial charge in [0, 0.05) is 35.1 Å². The molecule has 0 aromatic heterocycles. The average molecular weight is 498 g/mol. The van der Waals surface area contributed by atoms with E-state index < -0.39 is 5.92 Å². The molecule has 0 fully saturated rings. The van der Waals surface area contributed by atoms with E-state index in [0.717, 1.165) is 45.7 Å². The van der Waals surface area contributed by atoms with Crippen LogP contribution in [0.25, 0.3) is 10.8 Å². The van der Waals surface area contributed by atoms with Crippen LogP contribution in [0.15, 0.2) is 95.3 Å². The lowest BCUT2D eigenvalue weighted by Gasteiger charge is -2.37. The maximum atomic E-state index is 13.8. The molecule has 0 amide bonds. The third-order valence-electron chi connectivity index (χ3n) is 7.12. The summed E-state index contributed by atoms with van der Waals surface area (Å²) in [7, 11) is 0. The van der Waals surface area contributed by atoms with E-state index in [-0.39, 0.29) is 17.7 Å². The fourth-order valence-corrected chi connectivity index (χ4v) is 5.99. The Balaban J connectivity index is 1.60. The minimum Gasteiger partial charge on any atom is -0.461 e. The topological polar surface area (TPSA) is 55.4 Å². The number of thioether (sulfide) groups is 1. The smallest absolute Gasteiger partial charge is 0.336 e. The number of esters is 1. The van der Waals surface area contributed by atoms with Crippen LogP contribution in [0, 0.1) is 0 Å². The molecule has 3 aromatic rings. The van der Waals surface area contributed by atoms with E-state index in [4.69, 9.17) is 4.74 Å². The first-order valence-corrected chi connectivity index (χ1v) is 13.8. The van der Waals surface area contributed by atoms with E-state index in [1.165, 1.54) is 5.56 Å². The van der Waals surface area contributed by atoms with Gasteiger partial charge in [0.2, 0.25) is 0 Å². The number of ketones is 1. The number of Topliss-reactive ketones (excluding diaryl/α,β-unsaturated/α-hetero) is 1. The number of nitrogens with one attached hydrogen (secondary N) is 1. The zero-order valence-electron chi connectivity index (χ0n) is 20.8. The maximum Gasteiger partial charge on any atom is 0.336 e. The predicted molar refractivity (Wildman–Crippen MR) is 147 cm³/mol. The van der Waals surface area contributed by atoms with E-state index in [0.29, 0.717) is 24.2 Å². The summed E-state index contributed by atoms with van der Waals surface area (Å²) < 4.78 is 5.73. The second-order valence-electron chi connectivity index (χ2n) is 9.33. The monoisotopic (exact) mass is 497 g/mol. The van der Waals surface area contributed by atoms with Gasteiger partial charge in [-0.25, -0.2) is 4.79 Å². The molecule has 36 heavy (non-hydrogen) atoms. The summed E-state index contributed by atoms with van der Waals surface area (Å²) in [6.45, 7) is 4.37. The Morgan fingerprint density at radius 2 is 1.75 bits per heavy atom. The highest BCUT2D eigenvalue weighted by atomic mass is 32.2. The fraction of sp³-hybridized carbons (Fsp3) is 0.290. The van der Waals surface area contributed by atoms with Gasteiger partial charge >= 0.3 is 5.97 Å². The molecule has 1 aliphatic carbocycles. The van der Waals surface area contributed by atoms with Crippen molar-refractivity contribution in [1.29, 1.82) is 0 Å². The molecule has 1 aliphatic heterocycles. The largest absolute Gasteiger partial charge is 0.461 e. The van der Waals surface area contributed by atoms with Gasteiger partial charge in [-0.2, -0.15) is 11.8 Å². The molecule has 0 bridgehead atoms. The molecule has 0 radical (unpaired) electrons. The molecule has 184 valence electrons. The number of hydrogen-bond acceptors (Lipinski definition) is 5. The number of rotatable bonds is 7. The van der Waals surface area contributed by atoms with Crippen molar-refractivity contribution in [2.75, 3.05) is 18.1 Å². The minimum absolute atomic E-state index is 0.0925. The number of allylic oxidation sites excluding steroid dienone is 3. The van der Waals surface area contributed by atoms with Crippen molar-refractivity contribution >= 4 is 34.3 Å². The van der Waals surface area contributed by atoms with Gasteiger partial charge in [-0.15, -0.1) is 0 Å². The van der Waals surface area contributed by atoms with Gasteiger partial charge in [-0.1, -0.05) is 79.7 Å². The van der Waals surface area contributed by atoms with Crippen LogP contribution >= 0.6 is 11.8 Å². The second-order valence-corrected chi connectivity index (χ2v) is 10.7. The van der Waals surface area contributed by atoms with Crippen molar-refractivity contribution in [3.05, 3.63) is 106 Å². The Labute approximate surface area is 216 Å². The lowest BCUT2D eigenvalue weighted by atomic mass is 9.71. The fourth-order valence-electron chi connectivity index (χ4n) is 5.50. The first kappa shape index (κ1) is 24.4. The van der Waals surface area contributed by atoms with Gasteiger partial charge in [0.1, 0.15) is 6.61 Å². The van der Waals surface area contributed by atoms with Crippen LogP contribution in [0.4, 0.5) is 0 Å². The molecule has 0 unspecified atom stereocenters. The van der Waals surface area contributed by atoms with Gasteiger partial charge in [0.05, 0.1) is 5.57 Å². The quantitative estimate of drug-likeness (QED) is 0.298. The zero-order valence-corrected chi connectivity index (χ0v) is 21.6. The van der Waals surface area contributed by atoms with E-state index >= 15 is 0 Å². The Kier molecular flexibility index (Phi) is 7.28. The van der Waals surface area contributed by atoms with Crippen molar-refractivity contribution < 1.29 is 14.3 Å². The number of carbonyl (C=O) groups is 2. The number of fused-ring (bicyclic) bond motifs is 1. The SMILES string of the molecule is CCSCCOC(=O)C1=C(C)NC2=C(C(=O)C[C@H](c3ccccc3)C2)[C@H]1c1cccc2ccccc12. The summed E-state index contributed by atoms with van der Waals surface area (Å²) in [5.74, 6) is 1.14. The third kappa shape index (κ3) is 4.72. The molecule has 5 heteroatoms. The number of dihydropyridines is 1. The van der Waals surface area contributed by atoms with Gasteiger partial charge in [-0.05, 0) is 46.9 Å². The molecule has 2 atom stereocenters. The minimum atomic E-state index is -0.456. The molecule has 0 spiro atoms. The Bertz CT molecular complexity index is 1350. The lowest BCUT2D eigenvalue weighted by Crippen LogP contribution is -2.36. The molecule has 2 aliphatic rings. The Hall–Kier alpha value is -3.31. The summed E-state index contributed by atoms with van der Waals surface area (Å²) in [6.07, 6.45) is 1.17. The van der Waals surface area contributed by atoms with Crippen molar-refractivity contribution in [3.8, 4) is 0 Å². The number of benzene rings is 3.